The summed E-state index contributed by atoms with van der Waals surface area (Å²) >= 11 is 0. The molecule has 0 radical (unpaired) electrons. The van der Waals surface area contributed by atoms with E-state index in [0.717, 1.165) is 5.56 Å². The summed E-state index contributed by atoms with van der Waals surface area (Å²) in [5.74, 6) is 0.714. The standard InChI is InChI=1S/C15H16N4/c1-12-17-9-14(10-18-12)15(8-16)19(2)11-13-6-4-3-5-7-13/h3-7,9-10,15H,11H2,1-2H3. The van der Waals surface area contributed by atoms with Gasteiger partial charge in [0.15, 0.2) is 0 Å². The highest BCUT2D eigenvalue weighted by Crippen LogP contribution is 2.19. The van der Waals surface area contributed by atoms with E-state index in [9.17, 15) is 5.26 Å². The molecule has 2 aromatic rings. The van der Waals surface area contributed by atoms with E-state index < -0.39 is 0 Å². The maximum atomic E-state index is 9.35. The molecule has 1 atom stereocenters. The van der Waals surface area contributed by atoms with Crippen LogP contribution in [-0.4, -0.2) is 21.9 Å². The van der Waals surface area contributed by atoms with Crippen LogP contribution in [0.4, 0.5) is 0 Å². The molecule has 0 fully saturated rings. The lowest BCUT2D eigenvalue weighted by Crippen LogP contribution is -2.23. The Hall–Kier alpha value is -2.25. The number of nitriles is 1. The van der Waals surface area contributed by atoms with Crippen LogP contribution in [0.1, 0.15) is 23.0 Å². The average Bonchev–Trinajstić information content (AvgIpc) is 2.43. The van der Waals surface area contributed by atoms with Gasteiger partial charge in [0.2, 0.25) is 0 Å². The number of rotatable bonds is 4. The topological polar surface area (TPSA) is 52.8 Å². The number of aromatic nitrogens is 2. The Morgan fingerprint density at radius 1 is 1.21 bits per heavy atom. The van der Waals surface area contributed by atoms with Crippen molar-refractivity contribution in [1.29, 1.82) is 5.26 Å². The van der Waals surface area contributed by atoms with Crippen molar-refractivity contribution in [3.05, 3.63) is 59.7 Å². The normalized spacial score (nSPS) is 12.1. The van der Waals surface area contributed by atoms with E-state index in [0.29, 0.717) is 12.4 Å². The third-order valence-corrected chi connectivity index (χ3v) is 2.95. The van der Waals surface area contributed by atoms with Crippen LogP contribution in [0.5, 0.6) is 0 Å². The molecule has 0 amide bonds. The summed E-state index contributed by atoms with van der Waals surface area (Å²) < 4.78 is 0. The minimum atomic E-state index is -0.333. The first-order valence-corrected chi connectivity index (χ1v) is 6.13. The van der Waals surface area contributed by atoms with Crippen LogP contribution in [0.2, 0.25) is 0 Å². The van der Waals surface area contributed by atoms with Crippen molar-refractivity contribution in [2.75, 3.05) is 7.05 Å². The maximum absolute atomic E-state index is 9.35. The molecule has 0 N–H and O–H groups in total. The molecule has 0 saturated heterocycles. The van der Waals surface area contributed by atoms with Gasteiger partial charge in [-0.3, -0.25) is 4.90 Å². The van der Waals surface area contributed by atoms with Crippen LogP contribution < -0.4 is 0 Å². The fourth-order valence-corrected chi connectivity index (χ4v) is 1.93. The predicted octanol–water partition coefficient (Wildman–Crippen LogP) is 2.48. The second kappa shape index (κ2) is 6.07. The molecule has 0 spiro atoms. The predicted molar refractivity (Wildman–Crippen MR) is 73.0 cm³/mol. The van der Waals surface area contributed by atoms with Crippen LogP contribution in [0.3, 0.4) is 0 Å². The molecule has 1 unspecified atom stereocenters. The molecule has 0 aliphatic rings. The molecule has 4 nitrogen and oxygen atoms in total. The summed E-state index contributed by atoms with van der Waals surface area (Å²) in [5, 5.41) is 9.35. The zero-order valence-corrected chi connectivity index (χ0v) is 11.1. The molecule has 19 heavy (non-hydrogen) atoms. The van der Waals surface area contributed by atoms with Crippen LogP contribution in [0, 0.1) is 18.3 Å². The molecule has 1 heterocycles. The van der Waals surface area contributed by atoms with E-state index in [2.05, 4.69) is 28.2 Å². The zero-order valence-electron chi connectivity index (χ0n) is 11.1. The zero-order chi connectivity index (χ0) is 13.7. The molecule has 96 valence electrons. The third-order valence-electron chi connectivity index (χ3n) is 2.95. The van der Waals surface area contributed by atoms with Crippen molar-refractivity contribution < 1.29 is 0 Å². The molecular weight excluding hydrogens is 236 g/mol. The van der Waals surface area contributed by atoms with Gasteiger partial charge in [0.25, 0.3) is 0 Å². The quantitative estimate of drug-likeness (QED) is 0.838. The number of nitrogens with zero attached hydrogens (tertiary/aromatic N) is 4. The second-order valence-electron chi connectivity index (χ2n) is 4.50. The molecule has 1 aromatic carbocycles. The third kappa shape index (κ3) is 3.36. The molecule has 0 saturated carbocycles. The van der Waals surface area contributed by atoms with Crippen LogP contribution in [0.15, 0.2) is 42.7 Å². The average molecular weight is 252 g/mol. The van der Waals surface area contributed by atoms with Crippen molar-refractivity contribution in [3.8, 4) is 6.07 Å². The maximum Gasteiger partial charge on any atom is 0.126 e. The minimum Gasteiger partial charge on any atom is -0.283 e. The van der Waals surface area contributed by atoms with Gasteiger partial charge in [0.05, 0.1) is 6.07 Å². The molecule has 4 heteroatoms. The van der Waals surface area contributed by atoms with Gasteiger partial charge in [-0.05, 0) is 19.5 Å². The largest absolute Gasteiger partial charge is 0.283 e. The van der Waals surface area contributed by atoms with Crippen LogP contribution >= 0.6 is 0 Å². The van der Waals surface area contributed by atoms with Gasteiger partial charge in [-0.1, -0.05) is 30.3 Å². The first kappa shape index (κ1) is 13.2. The molecule has 2 rings (SSSR count). The summed E-state index contributed by atoms with van der Waals surface area (Å²) in [7, 11) is 1.93. The first-order valence-electron chi connectivity index (χ1n) is 6.13. The Labute approximate surface area is 113 Å². The lowest BCUT2D eigenvalue weighted by molar-refractivity contribution is 0.282. The van der Waals surface area contributed by atoms with Crippen molar-refractivity contribution in [1.82, 2.24) is 14.9 Å². The highest BCUT2D eigenvalue weighted by Gasteiger charge is 2.17. The molecule has 0 aliphatic heterocycles. The SMILES string of the molecule is Cc1ncc(C(C#N)N(C)Cc2ccccc2)cn1. The Kier molecular flexibility index (Phi) is 4.22. The van der Waals surface area contributed by atoms with Gasteiger partial charge < -0.3 is 0 Å². The van der Waals surface area contributed by atoms with Gasteiger partial charge >= 0.3 is 0 Å². The van der Waals surface area contributed by atoms with Gasteiger partial charge in [0.1, 0.15) is 11.9 Å². The molecule has 0 bridgehead atoms. The minimum absolute atomic E-state index is 0.333. The Balaban J connectivity index is 2.14. The molecule has 0 aliphatic carbocycles. The number of aryl methyl sites for hydroxylation is 1. The van der Waals surface area contributed by atoms with Crippen molar-refractivity contribution >= 4 is 0 Å². The van der Waals surface area contributed by atoms with E-state index in [1.807, 2.05) is 37.1 Å². The fraction of sp³-hybridized carbons (Fsp3) is 0.267. The second-order valence-corrected chi connectivity index (χ2v) is 4.50. The smallest absolute Gasteiger partial charge is 0.126 e. The lowest BCUT2D eigenvalue weighted by atomic mass is 10.1. The summed E-state index contributed by atoms with van der Waals surface area (Å²) in [6.45, 7) is 2.55. The van der Waals surface area contributed by atoms with Crippen molar-refractivity contribution in [3.63, 3.8) is 0 Å². The summed E-state index contributed by atoms with van der Waals surface area (Å²) in [6, 6.07) is 12.1. The molecule has 1 aromatic heterocycles. The van der Waals surface area contributed by atoms with E-state index in [4.69, 9.17) is 0 Å². The number of hydrogen-bond acceptors (Lipinski definition) is 4. The Morgan fingerprint density at radius 3 is 2.42 bits per heavy atom. The van der Waals surface area contributed by atoms with E-state index in [1.54, 1.807) is 12.4 Å². The Bertz CT molecular complexity index is 557. The Morgan fingerprint density at radius 2 is 1.84 bits per heavy atom. The van der Waals surface area contributed by atoms with Crippen molar-refractivity contribution in [2.24, 2.45) is 0 Å². The monoisotopic (exact) mass is 252 g/mol. The lowest BCUT2D eigenvalue weighted by Gasteiger charge is -2.22. The first-order chi connectivity index (χ1) is 9.20. The van der Waals surface area contributed by atoms with Gasteiger partial charge in [-0.25, -0.2) is 9.97 Å². The summed E-state index contributed by atoms with van der Waals surface area (Å²) in [6.07, 6.45) is 3.44. The van der Waals surface area contributed by atoms with Gasteiger partial charge in [-0.2, -0.15) is 5.26 Å². The molecular formula is C15H16N4. The van der Waals surface area contributed by atoms with Crippen LogP contribution in [-0.2, 0) is 6.54 Å². The van der Waals surface area contributed by atoms with Gasteiger partial charge in [0, 0.05) is 24.5 Å². The highest BCUT2D eigenvalue weighted by atomic mass is 15.1. The number of benzene rings is 1. The highest BCUT2D eigenvalue weighted by molar-refractivity contribution is 5.20. The van der Waals surface area contributed by atoms with E-state index in [1.165, 1.54) is 5.56 Å². The number of hydrogen-bond donors (Lipinski definition) is 0. The fourth-order valence-electron chi connectivity index (χ4n) is 1.93. The van der Waals surface area contributed by atoms with Crippen LogP contribution in [0.25, 0.3) is 0 Å². The summed E-state index contributed by atoms with van der Waals surface area (Å²) in [5.41, 5.74) is 2.00. The van der Waals surface area contributed by atoms with E-state index in [-0.39, 0.29) is 6.04 Å². The van der Waals surface area contributed by atoms with Crippen molar-refractivity contribution in [2.45, 2.75) is 19.5 Å². The van der Waals surface area contributed by atoms with E-state index >= 15 is 0 Å². The van der Waals surface area contributed by atoms with Gasteiger partial charge in [-0.15, -0.1) is 0 Å². The summed E-state index contributed by atoms with van der Waals surface area (Å²) in [4.78, 5) is 10.3.